The van der Waals surface area contributed by atoms with Crippen LogP contribution in [0.15, 0.2) is 0 Å². The molecule has 0 aromatic carbocycles. The minimum absolute atomic E-state index is 0.380. The second-order valence-electron chi connectivity index (χ2n) is 5.20. The molecule has 0 radical (unpaired) electrons. The van der Waals surface area contributed by atoms with Gasteiger partial charge in [-0.15, -0.1) is 0 Å². The molecular weight excluding hydrogens is 238 g/mol. The molecule has 4 heteroatoms. The number of rotatable bonds is 5. The van der Waals surface area contributed by atoms with Gasteiger partial charge < -0.3 is 10.5 Å². The Morgan fingerprint density at radius 2 is 1.79 bits per heavy atom. The lowest BCUT2D eigenvalue weighted by Crippen LogP contribution is -2.32. The Labute approximate surface area is 115 Å². The maximum Gasteiger partial charge on any atom is 0.162 e. The maximum atomic E-state index is 6.14. The first-order chi connectivity index (χ1) is 9.16. The predicted molar refractivity (Wildman–Crippen MR) is 77.0 cm³/mol. The summed E-state index contributed by atoms with van der Waals surface area (Å²) in [6.45, 7) is 6.93. The van der Waals surface area contributed by atoms with E-state index >= 15 is 0 Å². The van der Waals surface area contributed by atoms with Crippen LogP contribution in [0.2, 0.25) is 0 Å². The number of ether oxygens (including phenoxy) is 1. The predicted octanol–water partition coefficient (Wildman–Crippen LogP) is 2.99. The third-order valence-corrected chi connectivity index (χ3v) is 4.19. The fourth-order valence-electron chi connectivity index (χ4n) is 2.94. The van der Waals surface area contributed by atoms with Crippen molar-refractivity contribution in [1.82, 2.24) is 9.97 Å². The van der Waals surface area contributed by atoms with Crippen molar-refractivity contribution in [1.29, 1.82) is 0 Å². The molecule has 106 valence electrons. The lowest BCUT2D eigenvalue weighted by atomic mass is 9.93. The van der Waals surface area contributed by atoms with E-state index < -0.39 is 0 Å². The van der Waals surface area contributed by atoms with Crippen molar-refractivity contribution in [2.24, 2.45) is 0 Å². The second kappa shape index (κ2) is 5.87. The van der Waals surface area contributed by atoms with E-state index in [0.717, 1.165) is 42.8 Å². The minimum Gasteiger partial charge on any atom is -0.383 e. The molecule has 1 aliphatic rings. The number of anilines is 1. The molecule has 2 N–H and O–H groups in total. The zero-order valence-electron chi connectivity index (χ0n) is 12.3. The van der Waals surface area contributed by atoms with Gasteiger partial charge in [-0.05, 0) is 45.4 Å². The van der Waals surface area contributed by atoms with Gasteiger partial charge in [0.25, 0.3) is 0 Å². The highest BCUT2D eigenvalue weighted by Crippen LogP contribution is 2.33. The van der Waals surface area contributed by atoms with Gasteiger partial charge in [-0.1, -0.05) is 13.8 Å². The molecule has 0 spiro atoms. The molecule has 0 atom stereocenters. The van der Waals surface area contributed by atoms with Crippen molar-refractivity contribution < 1.29 is 4.74 Å². The van der Waals surface area contributed by atoms with Crippen LogP contribution in [-0.4, -0.2) is 16.6 Å². The fourth-order valence-corrected chi connectivity index (χ4v) is 2.94. The van der Waals surface area contributed by atoms with Crippen LogP contribution in [0.3, 0.4) is 0 Å². The number of hydrogen-bond acceptors (Lipinski definition) is 4. The third kappa shape index (κ3) is 2.59. The van der Waals surface area contributed by atoms with E-state index in [1.807, 2.05) is 6.92 Å². The van der Waals surface area contributed by atoms with Gasteiger partial charge in [0, 0.05) is 17.9 Å². The summed E-state index contributed by atoms with van der Waals surface area (Å²) in [5, 5.41) is 0. The van der Waals surface area contributed by atoms with Crippen molar-refractivity contribution in [3.8, 4) is 0 Å². The Morgan fingerprint density at radius 3 is 2.42 bits per heavy atom. The molecule has 1 aliphatic carbocycles. The molecule has 19 heavy (non-hydrogen) atoms. The fraction of sp³-hybridized carbons (Fsp3) is 0.733. The third-order valence-electron chi connectivity index (χ3n) is 4.19. The highest BCUT2D eigenvalue weighted by Gasteiger charge is 2.33. The minimum atomic E-state index is -0.380. The average molecular weight is 263 g/mol. The van der Waals surface area contributed by atoms with E-state index in [4.69, 9.17) is 15.5 Å². The average Bonchev–Trinajstić information content (AvgIpc) is 2.45. The highest BCUT2D eigenvalue weighted by atomic mass is 16.5. The smallest absolute Gasteiger partial charge is 0.162 e. The van der Waals surface area contributed by atoms with E-state index in [1.165, 1.54) is 12.8 Å². The van der Waals surface area contributed by atoms with E-state index in [-0.39, 0.29) is 5.60 Å². The SMILES string of the molecule is CCOC(CC)(CC)c1nc(N)c2c(n1)CCCC2. The summed E-state index contributed by atoms with van der Waals surface area (Å²) in [7, 11) is 0. The molecular formula is C15H25N3O. The van der Waals surface area contributed by atoms with Gasteiger partial charge in [0.2, 0.25) is 0 Å². The van der Waals surface area contributed by atoms with E-state index in [2.05, 4.69) is 18.8 Å². The molecule has 0 fully saturated rings. The van der Waals surface area contributed by atoms with Crippen LogP contribution in [0.4, 0.5) is 5.82 Å². The number of nitrogens with two attached hydrogens (primary N) is 1. The first kappa shape index (κ1) is 14.3. The van der Waals surface area contributed by atoms with Crippen LogP contribution in [0.1, 0.15) is 63.5 Å². The second-order valence-corrected chi connectivity index (χ2v) is 5.20. The quantitative estimate of drug-likeness (QED) is 0.887. The molecule has 1 aromatic heterocycles. The first-order valence-electron chi connectivity index (χ1n) is 7.46. The van der Waals surface area contributed by atoms with Gasteiger partial charge in [-0.3, -0.25) is 0 Å². The zero-order valence-corrected chi connectivity index (χ0v) is 12.3. The standard InChI is InChI=1S/C15H25N3O/c1-4-15(5-2,19-6-3)14-17-12-10-8-7-9-11(12)13(16)18-14/h4-10H2,1-3H3,(H2,16,17,18). The Bertz CT molecular complexity index is 441. The normalized spacial score (nSPS) is 15.3. The van der Waals surface area contributed by atoms with Crippen LogP contribution in [-0.2, 0) is 23.2 Å². The van der Waals surface area contributed by atoms with Crippen molar-refractivity contribution in [3.05, 3.63) is 17.1 Å². The molecule has 0 aliphatic heterocycles. The van der Waals surface area contributed by atoms with Crippen LogP contribution < -0.4 is 5.73 Å². The van der Waals surface area contributed by atoms with E-state index in [1.54, 1.807) is 0 Å². The molecule has 0 unspecified atom stereocenters. The zero-order chi connectivity index (χ0) is 13.9. The summed E-state index contributed by atoms with van der Waals surface area (Å²) in [6.07, 6.45) is 6.16. The van der Waals surface area contributed by atoms with Crippen LogP contribution in [0.5, 0.6) is 0 Å². The summed E-state index contributed by atoms with van der Waals surface area (Å²) < 4.78 is 5.98. The number of nitrogens with zero attached hydrogens (tertiary/aromatic N) is 2. The van der Waals surface area contributed by atoms with Crippen molar-refractivity contribution in [2.75, 3.05) is 12.3 Å². The summed E-state index contributed by atoms with van der Waals surface area (Å²) >= 11 is 0. The van der Waals surface area contributed by atoms with E-state index in [9.17, 15) is 0 Å². The summed E-state index contributed by atoms with van der Waals surface area (Å²) in [4.78, 5) is 9.35. The Morgan fingerprint density at radius 1 is 1.11 bits per heavy atom. The molecule has 2 rings (SSSR count). The molecule has 4 nitrogen and oxygen atoms in total. The number of hydrogen-bond donors (Lipinski definition) is 1. The topological polar surface area (TPSA) is 61.0 Å². The summed E-state index contributed by atoms with van der Waals surface area (Å²) in [6, 6.07) is 0. The lowest BCUT2D eigenvalue weighted by molar-refractivity contribution is -0.0572. The number of fused-ring (bicyclic) bond motifs is 1. The molecule has 0 bridgehead atoms. The van der Waals surface area contributed by atoms with Crippen molar-refractivity contribution in [2.45, 2.75) is 64.9 Å². The van der Waals surface area contributed by atoms with Crippen molar-refractivity contribution in [3.63, 3.8) is 0 Å². The summed E-state index contributed by atoms with van der Waals surface area (Å²) in [5.74, 6) is 1.43. The lowest BCUT2D eigenvalue weighted by Gasteiger charge is -2.31. The van der Waals surface area contributed by atoms with Gasteiger partial charge in [0.05, 0.1) is 0 Å². The highest BCUT2D eigenvalue weighted by molar-refractivity contribution is 5.44. The molecule has 0 saturated carbocycles. The van der Waals surface area contributed by atoms with Gasteiger partial charge >= 0.3 is 0 Å². The number of aryl methyl sites for hydroxylation is 1. The van der Waals surface area contributed by atoms with Gasteiger partial charge in [0.1, 0.15) is 11.4 Å². The van der Waals surface area contributed by atoms with Crippen LogP contribution in [0, 0.1) is 0 Å². The number of aromatic nitrogens is 2. The van der Waals surface area contributed by atoms with Crippen molar-refractivity contribution >= 4 is 5.82 Å². The van der Waals surface area contributed by atoms with Crippen LogP contribution in [0.25, 0.3) is 0 Å². The largest absolute Gasteiger partial charge is 0.383 e. The summed E-state index contributed by atoms with van der Waals surface area (Å²) in [5.41, 5.74) is 8.06. The van der Waals surface area contributed by atoms with Gasteiger partial charge in [0.15, 0.2) is 5.82 Å². The Balaban J connectivity index is 2.46. The van der Waals surface area contributed by atoms with Crippen LogP contribution >= 0.6 is 0 Å². The molecule has 0 saturated heterocycles. The molecule has 1 aromatic rings. The first-order valence-corrected chi connectivity index (χ1v) is 7.46. The number of nitrogen functional groups attached to an aromatic ring is 1. The Kier molecular flexibility index (Phi) is 4.40. The molecule has 1 heterocycles. The van der Waals surface area contributed by atoms with Gasteiger partial charge in [-0.25, -0.2) is 9.97 Å². The molecule has 0 amide bonds. The maximum absolute atomic E-state index is 6.14. The van der Waals surface area contributed by atoms with E-state index in [0.29, 0.717) is 12.4 Å². The Hall–Kier alpha value is -1.16. The monoisotopic (exact) mass is 263 g/mol. The van der Waals surface area contributed by atoms with Gasteiger partial charge in [-0.2, -0.15) is 0 Å².